The van der Waals surface area contributed by atoms with Crippen molar-refractivity contribution in [2.45, 2.75) is 18.7 Å². The largest absolute Gasteiger partial charge is 0.398 e. The number of methoxy groups -OCH3 is 1. The number of ether oxygens (including phenoxy) is 1. The summed E-state index contributed by atoms with van der Waals surface area (Å²) in [6.45, 7) is 4.39. The maximum Gasteiger partial charge on any atom is 0.242 e. The first-order valence-corrected chi connectivity index (χ1v) is 7.06. The van der Waals surface area contributed by atoms with E-state index in [9.17, 15) is 8.42 Å². The molecule has 6 heteroatoms. The fourth-order valence-electron chi connectivity index (χ4n) is 1.52. The van der Waals surface area contributed by atoms with Gasteiger partial charge in [-0.25, -0.2) is 8.42 Å². The van der Waals surface area contributed by atoms with E-state index in [0.717, 1.165) is 11.1 Å². The van der Waals surface area contributed by atoms with Gasteiger partial charge in [0.1, 0.15) is 0 Å². The van der Waals surface area contributed by atoms with E-state index in [-0.39, 0.29) is 4.90 Å². The third kappa shape index (κ3) is 3.01. The summed E-state index contributed by atoms with van der Waals surface area (Å²) in [5.41, 5.74) is 8.08. The predicted molar refractivity (Wildman–Crippen MR) is 72.0 cm³/mol. The summed E-state index contributed by atoms with van der Waals surface area (Å²) in [5, 5.41) is 0. The van der Waals surface area contributed by atoms with E-state index in [0.29, 0.717) is 18.8 Å². The van der Waals surface area contributed by atoms with E-state index in [1.165, 1.54) is 24.5 Å². The van der Waals surface area contributed by atoms with Gasteiger partial charge in [0.05, 0.1) is 11.5 Å². The average Bonchev–Trinajstić information content (AvgIpc) is 2.32. The first-order chi connectivity index (χ1) is 8.30. The Morgan fingerprint density at radius 2 is 1.94 bits per heavy atom. The van der Waals surface area contributed by atoms with E-state index in [1.54, 1.807) is 6.07 Å². The molecule has 2 N–H and O–H groups in total. The number of sulfonamides is 1. The number of anilines is 1. The SMILES string of the molecule is COCCN(C)S(=O)(=O)c1cc(C)c(C)c(N)c1. The van der Waals surface area contributed by atoms with Crippen LogP contribution in [0, 0.1) is 13.8 Å². The van der Waals surface area contributed by atoms with Crippen molar-refractivity contribution >= 4 is 15.7 Å². The van der Waals surface area contributed by atoms with Crippen LogP contribution in [0.1, 0.15) is 11.1 Å². The summed E-state index contributed by atoms with van der Waals surface area (Å²) in [6, 6.07) is 3.14. The molecular weight excluding hydrogens is 252 g/mol. The highest BCUT2D eigenvalue weighted by atomic mass is 32.2. The van der Waals surface area contributed by atoms with Crippen molar-refractivity contribution in [3.63, 3.8) is 0 Å². The number of benzene rings is 1. The lowest BCUT2D eigenvalue weighted by Gasteiger charge is -2.18. The summed E-state index contributed by atoms with van der Waals surface area (Å²) in [4.78, 5) is 0.224. The Balaban J connectivity index is 3.13. The van der Waals surface area contributed by atoms with Gasteiger partial charge in [0.25, 0.3) is 0 Å². The van der Waals surface area contributed by atoms with Gasteiger partial charge in [0.2, 0.25) is 10.0 Å². The number of rotatable bonds is 5. The van der Waals surface area contributed by atoms with Crippen molar-refractivity contribution in [3.05, 3.63) is 23.3 Å². The molecule has 0 radical (unpaired) electrons. The van der Waals surface area contributed by atoms with Crippen LogP contribution < -0.4 is 5.73 Å². The monoisotopic (exact) mass is 272 g/mol. The van der Waals surface area contributed by atoms with Crippen LogP contribution in [-0.4, -0.2) is 40.0 Å². The van der Waals surface area contributed by atoms with Crippen LogP contribution in [0.3, 0.4) is 0 Å². The zero-order chi connectivity index (χ0) is 13.9. The molecule has 0 heterocycles. The number of nitrogens with zero attached hydrogens (tertiary/aromatic N) is 1. The molecule has 0 fully saturated rings. The maximum absolute atomic E-state index is 12.3. The molecule has 0 aliphatic heterocycles. The quantitative estimate of drug-likeness (QED) is 0.816. The standard InChI is InChI=1S/C12H20N2O3S/c1-9-7-11(8-12(13)10(9)2)18(15,16)14(3)5-6-17-4/h7-8H,5-6,13H2,1-4H3. The van der Waals surface area contributed by atoms with E-state index in [1.807, 2.05) is 13.8 Å². The van der Waals surface area contributed by atoms with Gasteiger partial charge in [-0.05, 0) is 37.1 Å². The van der Waals surface area contributed by atoms with Gasteiger partial charge in [-0.3, -0.25) is 0 Å². The number of hydrogen-bond donors (Lipinski definition) is 1. The van der Waals surface area contributed by atoms with Crippen LogP contribution in [-0.2, 0) is 14.8 Å². The normalized spacial score (nSPS) is 12.1. The Kier molecular flexibility index (Phi) is 4.72. The zero-order valence-corrected chi connectivity index (χ0v) is 12.0. The Hall–Kier alpha value is -1.11. The van der Waals surface area contributed by atoms with E-state index < -0.39 is 10.0 Å². The van der Waals surface area contributed by atoms with Gasteiger partial charge in [-0.2, -0.15) is 4.31 Å². The van der Waals surface area contributed by atoms with Gasteiger partial charge in [-0.15, -0.1) is 0 Å². The molecule has 0 saturated heterocycles. The maximum atomic E-state index is 12.3. The lowest BCUT2D eigenvalue weighted by Crippen LogP contribution is -2.30. The van der Waals surface area contributed by atoms with Crippen molar-refractivity contribution in [2.75, 3.05) is 33.0 Å². The van der Waals surface area contributed by atoms with E-state index >= 15 is 0 Å². The summed E-state index contributed by atoms with van der Waals surface area (Å²) in [6.07, 6.45) is 0. The van der Waals surface area contributed by atoms with Gasteiger partial charge >= 0.3 is 0 Å². The molecule has 0 aliphatic carbocycles. The van der Waals surface area contributed by atoms with Crippen molar-refractivity contribution in [1.29, 1.82) is 0 Å². The highest BCUT2D eigenvalue weighted by Gasteiger charge is 2.21. The van der Waals surface area contributed by atoms with Crippen LogP contribution >= 0.6 is 0 Å². The van der Waals surface area contributed by atoms with Crippen LogP contribution in [0.15, 0.2) is 17.0 Å². The molecule has 1 aromatic rings. The molecule has 102 valence electrons. The second kappa shape index (κ2) is 5.69. The van der Waals surface area contributed by atoms with Gasteiger partial charge < -0.3 is 10.5 Å². The second-order valence-electron chi connectivity index (χ2n) is 4.27. The molecular formula is C12H20N2O3S. The van der Waals surface area contributed by atoms with E-state index in [4.69, 9.17) is 10.5 Å². The molecule has 1 rings (SSSR count). The Morgan fingerprint density at radius 1 is 1.33 bits per heavy atom. The van der Waals surface area contributed by atoms with Crippen LogP contribution in [0.2, 0.25) is 0 Å². The first-order valence-electron chi connectivity index (χ1n) is 5.62. The fraction of sp³-hybridized carbons (Fsp3) is 0.500. The molecule has 0 saturated carbocycles. The minimum atomic E-state index is -3.50. The highest BCUT2D eigenvalue weighted by molar-refractivity contribution is 7.89. The second-order valence-corrected chi connectivity index (χ2v) is 6.32. The number of aryl methyl sites for hydroxylation is 1. The molecule has 18 heavy (non-hydrogen) atoms. The molecule has 0 amide bonds. The highest BCUT2D eigenvalue weighted by Crippen LogP contribution is 2.23. The molecule has 0 aliphatic rings. The van der Waals surface area contributed by atoms with Crippen LogP contribution in [0.25, 0.3) is 0 Å². The average molecular weight is 272 g/mol. The zero-order valence-electron chi connectivity index (χ0n) is 11.2. The van der Waals surface area contributed by atoms with Crippen molar-refractivity contribution in [1.82, 2.24) is 4.31 Å². The number of likely N-dealkylation sites (N-methyl/N-ethyl adjacent to an activating group) is 1. The summed E-state index contributed by atoms with van der Waals surface area (Å²) in [7, 11) is -0.436. The third-order valence-electron chi connectivity index (χ3n) is 3.00. The lowest BCUT2D eigenvalue weighted by molar-refractivity contribution is 0.185. The number of nitrogen functional groups attached to an aromatic ring is 1. The van der Waals surface area contributed by atoms with Crippen molar-refractivity contribution < 1.29 is 13.2 Å². The third-order valence-corrected chi connectivity index (χ3v) is 4.83. The fourth-order valence-corrected chi connectivity index (χ4v) is 2.80. The lowest BCUT2D eigenvalue weighted by atomic mass is 10.1. The number of hydrogen-bond acceptors (Lipinski definition) is 4. The molecule has 0 aromatic heterocycles. The Bertz CT molecular complexity index is 503. The summed E-state index contributed by atoms with van der Waals surface area (Å²) in [5.74, 6) is 0. The van der Waals surface area contributed by atoms with E-state index in [2.05, 4.69) is 0 Å². The molecule has 0 atom stereocenters. The Labute approximate surface area is 109 Å². The first kappa shape index (κ1) is 14.9. The van der Waals surface area contributed by atoms with Gasteiger partial charge in [0.15, 0.2) is 0 Å². The van der Waals surface area contributed by atoms with Gasteiger partial charge in [-0.1, -0.05) is 0 Å². The van der Waals surface area contributed by atoms with Crippen molar-refractivity contribution in [3.8, 4) is 0 Å². The topological polar surface area (TPSA) is 72.6 Å². The predicted octanol–water partition coefficient (Wildman–Crippen LogP) is 1.15. The molecule has 0 bridgehead atoms. The molecule has 5 nitrogen and oxygen atoms in total. The molecule has 1 aromatic carbocycles. The smallest absolute Gasteiger partial charge is 0.242 e. The van der Waals surface area contributed by atoms with Crippen LogP contribution in [0.4, 0.5) is 5.69 Å². The number of nitrogens with two attached hydrogens (primary N) is 1. The molecule has 0 spiro atoms. The summed E-state index contributed by atoms with van der Waals surface area (Å²) >= 11 is 0. The minimum Gasteiger partial charge on any atom is -0.398 e. The minimum absolute atomic E-state index is 0.224. The van der Waals surface area contributed by atoms with Crippen molar-refractivity contribution in [2.24, 2.45) is 0 Å². The Morgan fingerprint density at radius 3 is 2.44 bits per heavy atom. The summed E-state index contributed by atoms with van der Waals surface area (Å²) < 4.78 is 30.7. The molecule has 0 unspecified atom stereocenters. The van der Waals surface area contributed by atoms with Gasteiger partial charge in [0, 0.05) is 26.4 Å². The van der Waals surface area contributed by atoms with Crippen LogP contribution in [0.5, 0.6) is 0 Å².